The van der Waals surface area contributed by atoms with Crippen molar-refractivity contribution in [3.63, 3.8) is 0 Å². The second-order valence-corrected chi connectivity index (χ2v) is 7.25. The van der Waals surface area contributed by atoms with E-state index in [-0.39, 0.29) is 35.1 Å². The summed E-state index contributed by atoms with van der Waals surface area (Å²) in [5.41, 5.74) is -0.0499. The van der Waals surface area contributed by atoms with E-state index in [1.807, 2.05) is 4.90 Å². The molecule has 0 unspecified atom stereocenters. The van der Waals surface area contributed by atoms with Crippen molar-refractivity contribution in [3.05, 3.63) is 33.9 Å². The molecule has 1 heterocycles. The van der Waals surface area contributed by atoms with Crippen LogP contribution in [0.3, 0.4) is 0 Å². The molecule has 1 aliphatic heterocycles. The Labute approximate surface area is 127 Å². The maximum absolute atomic E-state index is 11.3. The molecule has 120 valence electrons. The molecule has 0 N–H and O–H groups in total. The lowest BCUT2D eigenvalue weighted by molar-refractivity contribution is -0.385. The number of aldehydes is 1. The van der Waals surface area contributed by atoms with Crippen LogP contribution >= 0.6 is 0 Å². The molecule has 1 aromatic carbocycles. The number of benzene rings is 1. The summed E-state index contributed by atoms with van der Waals surface area (Å²) in [6, 6.07) is 4.00. The first-order chi connectivity index (χ1) is 10.4. The number of carbonyl (C=O) groups is 1. The van der Waals surface area contributed by atoms with Crippen LogP contribution in [0.5, 0.6) is 5.75 Å². The van der Waals surface area contributed by atoms with Gasteiger partial charge in [0, 0.05) is 31.3 Å². The number of hydrogen-bond donors (Lipinski definition) is 0. The van der Waals surface area contributed by atoms with Crippen molar-refractivity contribution in [2.45, 2.75) is 0 Å². The van der Waals surface area contributed by atoms with Gasteiger partial charge in [-0.3, -0.25) is 19.8 Å². The summed E-state index contributed by atoms with van der Waals surface area (Å²) in [4.78, 5) is 22.9. The molecule has 1 saturated heterocycles. The summed E-state index contributed by atoms with van der Waals surface area (Å²) < 4.78 is 28.0. The van der Waals surface area contributed by atoms with Gasteiger partial charge in [0.25, 0.3) is 0 Å². The third-order valence-electron chi connectivity index (χ3n) is 3.42. The van der Waals surface area contributed by atoms with Crippen LogP contribution in [0.25, 0.3) is 0 Å². The largest absolute Gasteiger partial charge is 0.485 e. The number of nitro groups is 1. The van der Waals surface area contributed by atoms with Crippen LogP contribution < -0.4 is 4.74 Å². The first-order valence-corrected chi connectivity index (χ1v) is 8.52. The van der Waals surface area contributed by atoms with Crippen molar-refractivity contribution >= 4 is 21.8 Å². The van der Waals surface area contributed by atoms with Gasteiger partial charge in [-0.15, -0.1) is 0 Å². The summed E-state index contributed by atoms with van der Waals surface area (Å²) in [5.74, 6) is 0.350. The minimum absolute atomic E-state index is 0.0974. The number of rotatable bonds is 6. The fourth-order valence-electron chi connectivity index (χ4n) is 2.13. The zero-order valence-electron chi connectivity index (χ0n) is 11.8. The third-order valence-corrected chi connectivity index (χ3v) is 5.03. The Bertz CT molecular complexity index is 659. The molecule has 0 saturated carbocycles. The number of nitrogens with zero attached hydrogens (tertiary/aromatic N) is 2. The molecule has 0 amide bonds. The van der Waals surface area contributed by atoms with Gasteiger partial charge in [0.1, 0.15) is 12.9 Å². The van der Waals surface area contributed by atoms with Gasteiger partial charge >= 0.3 is 5.69 Å². The van der Waals surface area contributed by atoms with Gasteiger partial charge < -0.3 is 4.74 Å². The molecule has 1 aliphatic rings. The molecule has 1 aromatic rings. The number of sulfone groups is 1. The van der Waals surface area contributed by atoms with E-state index in [9.17, 15) is 23.3 Å². The fourth-order valence-corrected chi connectivity index (χ4v) is 3.41. The number of nitro benzene ring substituents is 1. The smallest absolute Gasteiger partial charge is 0.311 e. The standard InChI is InChI=1S/C13H16N2O6S/c16-10-11-1-2-13(12(9-11)15(17)18)21-6-3-14-4-7-22(19,20)8-5-14/h1-2,9-10H,3-8H2. The van der Waals surface area contributed by atoms with E-state index in [1.54, 1.807) is 0 Å². The Morgan fingerprint density at radius 1 is 1.32 bits per heavy atom. The summed E-state index contributed by atoms with van der Waals surface area (Å²) in [7, 11) is -2.92. The van der Waals surface area contributed by atoms with Crippen molar-refractivity contribution in [3.8, 4) is 5.75 Å². The summed E-state index contributed by atoms with van der Waals surface area (Å²) in [6.45, 7) is 1.58. The van der Waals surface area contributed by atoms with E-state index in [2.05, 4.69) is 0 Å². The van der Waals surface area contributed by atoms with Crippen LogP contribution in [0.15, 0.2) is 18.2 Å². The molecular weight excluding hydrogens is 312 g/mol. The van der Waals surface area contributed by atoms with Crippen LogP contribution in [0.2, 0.25) is 0 Å². The van der Waals surface area contributed by atoms with Crippen molar-refractivity contribution in [2.24, 2.45) is 0 Å². The van der Waals surface area contributed by atoms with Gasteiger partial charge in [0.05, 0.1) is 16.4 Å². The van der Waals surface area contributed by atoms with Crippen LogP contribution in [-0.2, 0) is 9.84 Å². The lowest BCUT2D eigenvalue weighted by Gasteiger charge is -2.26. The lowest BCUT2D eigenvalue weighted by Crippen LogP contribution is -2.42. The highest BCUT2D eigenvalue weighted by Crippen LogP contribution is 2.27. The van der Waals surface area contributed by atoms with Crippen molar-refractivity contribution in [1.29, 1.82) is 0 Å². The molecule has 0 atom stereocenters. The van der Waals surface area contributed by atoms with Crippen molar-refractivity contribution < 1.29 is 22.9 Å². The third kappa shape index (κ3) is 4.25. The maximum Gasteiger partial charge on any atom is 0.311 e. The Balaban J connectivity index is 1.92. The number of hydrogen-bond acceptors (Lipinski definition) is 7. The first-order valence-electron chi connectivity index (χ1n) is 6.70. The Hall–Kier alpha value is -2.00. The zero-order chi connectivity index (χ0) is 16.2. The van der Waals surface area contributed by atoms with E-state index in [4.69, 9.17) is 4.74 Å². The highest BCUT2D eigenvalue weighted by molar-refractivity contribution is 7.91. The second-order valence-electron chi connectivity index (χ2n) is 4.94. The molecule has 0 bridgehead atoms. The predicted molar refractivity (Wildman–Crippen MR) is 79.1 cm³/mol. The van der Waals surface area contributed by atoms with E-state index in [0.717, 1.165) is 6.07 Å². The number of ether oxygens (including phenoxy) is 1. The second kappa shape index (κ2) is 6.84. The Morgan fingerprint density at radius 3 is 2.59 bits per heavy atom. The van der Waals surface area contributed by atoms with Gasteiger partial charge in [-0.25, -0.2) is 8.42 Å². The molecule has 9 heteroatoms. The monoisotopic (exact) mass is 328 g/mol. The van der Waals surface area contributed by atoms with Crippen LogP contribution in [0.4, 0.5) is 5.69 Å². The van der Waals surface area contributed by atoms with Gasteiger partial charge in [-0.1, -0.05) is 0 Å². The topological polar surface area (TPSA) is 107 Å². The maximum atomic E-state index is 11.3. The molecule has 0 radical (unpaired) electrons. The first kappa shape index (κ1) is 16.4. The highest BCUT2D eigenvalue weighted by atomic mass is 32.2. The molecule has 0 spiro atoms. The van der Waals surface area contributed by atoms with Gasteiger partial charge in [0.2, 0.25) is 0 Å². The van der Waals surface area contributed by atoms with E-state index < -0.39 is 14.8 Å². The fraction of sp³-hybridized carbons (Fsp3) is 0.462. The molecule has 0 aliphatic carbocycles. The van der Waals surface area contributed by atoms with E-state index in [0.29, 0.717) is 25.9 Å². The van der Waals surface area contributed by atoms with E-state index in [1.165, 1.54) is 12.1 Å². The average molecular weight is 328 g/mol. The molecule has 8 nitrogen and oxygen atoms in total. The van der Waals surface area contributed by atoms with E-state index >= 15 is 0 Å². The molecule has 0 aromatic heterocycles. The van der Waals surface area contributed by atoms with Crippen molar-refractivity contribution in [1.82, 2.24) is 4.90 Å². The van der Waals surface area contributed by atoms with Crippen molar-refractivity contribution in [2.75, 3.05) is 37.7 Å². The SMILES string of the molecule is O=Cc1ccc(OCCN2CCS(=O)(=O)CC2)c([N+](=O)[O-])c1. The zero-order valence-corrected chi connectivity index (χ0v) is 12.6. The van der Waals surface area contributed by atoms with Gasteiger partial charge in [0.15, 0.2) is 15.6 Å². The Morgan fingerprint density at radius 2 is 2.00 bits per heavy atom. The molecular formula is C13H16N2O6S. The van der Waals surface area contributed by atoms with Crippen LogP contribution in [0.1, 0.15) is 10.4 Å². The van der Waals surface area contributed by atoms with Gasteiger partial charge in [-0.05, 0) is 12.1 Å². The van der Waals surface area contributed by atoms with Crippen LogP contribution in [0, 0.1) is 10.1 Å². The highest BCUT2D eigenvalue weighted by Gasteiger charge is 2.22. The average Bonchev–Trinajstić information content (AvgIpc) is 2.49. The Kier molecular flexibility index (Phi) is 5.09. The normalized spacial score (nSPS) is 17.8. The summed E-state index contributed by atoms with van der Waals surface area (Å²) in [6.07, 6.45) is 0.533. The minimum Gasteiger partial charge on any atom is -0.485 e. The predicted octanol–water partition coefficient (Wildman–Crippen LogP) is 0.517. The molecule has 2 rings (SSSR count). The number of carbonyl (C=O) groups excluding carboxylic acids is 1. The molecule has 22 heavy (non-hydrogen) atoms. The minimum atomic E-state index is -2.92. The van der Waals surface area contributed by atoms with Crippen LogP contribution in [-0.4, -0.2) is 62.3 Å². The van der Waals surface area contributed by atoms with Gasteiger partial charge in [-0.2, -0.15) is 0 Å². The summed E-state index contributed by atoms with van der Waals surface area (Å²) in [5, 5.41) is 11.0. The molecule has 1 fully saturated rings. The quantitative estimate of drug-likeness (QED) is 0.425. The lowest BCUT2D eigenvalue weighted by atomic mass is 10.2. The summed E-state index contributed by atoms with van der Waals surface area (Å²) >= 11 is 0.